The summed E-state index contributed by atoms with van der Waals surface area (Å²) < 4.78 is 4.90. The second-order valence-corrected chi connectivity index (χ2v) is 9.32. The Kier molecular flexibility index (Phi) is 10.5. The third kappa shape index (κ3) is 8.05. The van der Waals surface area contributed by atoms with Crippen LogP contribution < -0.4 is 10.2 Å². The van der Waals surface area contributed by atoms with E-state index in [4.69, 9.17) is 4.74 Å². The van der Waals surface area contributed by atoms with Crippen molar-refractivity contribution in [3.8, 4) is 0 Å². The number of nitrogens with zero attached hydrogens (tertiary/aromatic N) is 1. The van der Waals surface area contributed by atoms with Crippen molar-refractivity contribution in [2.75, 3.05) is 18.6 Å². The van der Waals surface area contributed by atoms with Crippen LogP contribution in [0.2, 0.25) is 0 Å². The molecule has 194 valence electrons. The molecule has 2 N–H and O–H groups in total. The summed E-state index contributed by atoms with van der Waals surface area (Å²) in [5, 5.41) is 14.2. The van der Waals surface area contributed by atoms with Gasteiger partial charge in [-0.25, -0.2) is 4.79 Å². The number of nitrogens with one attached hydrogen (secondary N) is 1. The van der Waals surface area contributed by atoms with Gasteiger partial charge in [-0.05, 0) is 35.6 Å². The average Bonchev–Trinajstić information content (AvgIpc) is 2.92. The second kappa shape index (κ2) is 14.0. The van der Waals surface area contributed by atoms with Crippen molar-refractivity contribution < 1.29 is 19.4 Å². The van der Waals surface area contributed by atoms with Gasteiger partial charge in [0, 0.05) is 12.2 Å². The van der Waals surface area contributed by atoms with E-state index in [0.29, 0.717) is 13.0 Å². The molecule has 6 nitrogen and oxygen atoms in total. The third-order valence-electron chi connectivity index (χ3n) is 6.05. The molecule has 0 radical (unpaired) electrons. The lowest BCUT2D eigenvalue weighted by Gasteiger charge is -2.36. The fourth-order valence-electron chi connectivity index (χ4n) is 4.28. The summed E-state index contributed by atoms with van der Waals surface area (Å²) in [6, 6.07) is 27.5. The third-order valence-corrected chi connectivity index (χ3v) is 6.05. The van der Waals surface area contributed by atoms with E-state index in [-0.39, 0.29) is 5.92 Å². The van der Waals surface area contributed by atoms with Crippen LogP contribution in [-0.2, 0) is 14.3 Å². The molecule has 0 heterocycles. The highest BCUT2D eigenvalue weighted by atomic mass is 16.5. The lowest BCUT2D eigenvalue weighted by atomic mass is 9.97. The van der Waals surface area contributed by atoms with Crippen LogP contribution in [0, 0.1) is 5.92 Å². The first kappa shape index (κ1) is 27.7. The summed E-state index contributed by atoms with van der Waals surface area (Å²) in [7, 11) is 1.29. The summed E-state index contributed by atoms with van der Waals surface area (Å²) in [6.07, 6.45) is 2.98. The normalized spacial score (nSPS) is 13.6. The zero-order valence-electron chi connectivity index (χ0n) is 21.7. The fourth-order valence-corrected chi connectivity index (χ4v) is 4.28. The Morgan fingerprint density at radius 2 is 1.49 bits per heavy atom. The van der Waals surface area contributed by atoms with Crippen molar-refractivity contribution in [3.63, 3.8) is 0 Å². The van der Waals surface area contributed by atoms with Crippen LogP contribution in [0.3, 0.4) is 0 Å². The van der Waals surface area contributed by atoms with Crippen LogP contribution in [0.5, 0.6) is 0 Å². The van der Waals surface area contributed by atoms with Gasteiger partial charge in [-0.1, -0.05) is 105 Å². The summed E-state index contributed by atoms with van der Waals surface area (Å²) in [6.45, 7) is 4.36. The Morgan fingerprint density at radius 1 is 0.919 bits per heavy atom. The van der Waals surface area contributed by atoms with Crippen molar-refractivity contribution in [3.05, 3.63) is 108 Å². The number of hydrogen-bond donors (Lipinski definition) is 2. The largest absolute Gasteiger partial charge is 0.467 e. The summed E-state index contributed by atoms with van der Waals surface area (Å²) in [4.78, 5) is 27.7. The fraction of sp³-hybridized carbons (Fsp3) is 0.290. The molecule has 3 aromatic carbocycles. The number of para-hydroxylation sites is 1. The van der Waals surface area contributed by atoms with Crippen LogP contribution in [-0.4, -0.2) is 42.8 Å². The highest BCUT2D eigenvalue weighted by Gasteiger charge is 2.35. The number of ether oxygens (including phenoxy) is 1. The SMILES string of the molecule is COC(=O)[C@H](CC(C)C)NC(=O)[C@@H](O)[C@H](c1ccccc1)N(C/C=C/c1ccccc1)c1ccccc1. The maximum atomic E-state index is 13.4. The highest BCUT2D eigenvalue weighted by Crippen LogP contribution is 2.30. The Labute approximate surface area is 219 Å². The monoisotopic (exact) mass is 500 g/mol. The van der Waals surface area contributed by atoms with E-state index < -0.39 is 30.1 Å². The Bertz CT molecular complexity index is 1130. The first-order valence-corrected chi connectivity index (χ1v) is 12.5. The standard InChI is InChI=1S/C31H36N2O4/c1-23(2)22-27(31(36)37-3)32-30(35)29(34)28(25-17-9-5-10-18-25)33(26-19-11-6-12-20-26)21-13-16-24-14-7-4-8-15-24/h4-20,23,27-29,34H,21-22H2,1-3H3,(H,32,35)/b16-13+/t27-,28-,29-/m0/s1. The minimum atomic E-state index is -1.45. The number of methoxy groups -OCH3 is 1. The number of carbonyl (C=O) groups excluding carboxylic acids is 2. The van der Waals surface area contributed by atoms with Gasteiger partial charge in [0.05, 0.1) is 13.2 Å². The van der Waals surface area contributed by atoms with E-state index in [1.165, 1.54) is 7.11 Å². The van der Waals surface area contributed by atoms with Gasteiger partial charge in [0.2, 0.25) is 0 Å². The molecule has 0 aliphatic heterocycles. The minimum Gasteiger partial charge on any atom is -0.467 e. The molecule has 37 heavy (non-hydrogen) atoms. The molecule has 0 fully saturated rings. The number of hydrogen-bond acceptors (Lipinski definition) is 5. The van der Waals surface area contributed by atoms with Gasteiger partial charge in [0.1, 0.15) is 6.04 Å². The molecule has 0 unspecified atom stereocenters. The number of aliphatic hydroxyl groups excluding tert-OH is 1. The van der Waals surface area contributed by atoms with Gasteiger partial charge < -0.3 is 20.1 Å². The van der Waals surface area contributed by atoms with Gasteiger partial charge in [-0.2, -0.15) is 0 Å². The number of anilines is 1. The molecule has 0 bridgehead atoms. The molecular weight excluding hydrogens is 464 g/mol. The second-order valence-electron chi connectivity index (χ2n) is 9.32. The van der Waals surface area contributed by atoms with Crippen LogP contribution in [0.4, 0.5) is 5.69 Å². The Hall–Kier alpha value is -3.90. The molecule has 3 aromatic rings. The van der Waals surface area contributed by atoms with Gasteiger partial charge in [-0.15, -0.1) is 0 Å². The number of rotatable bonds is 12. The molecule has 6 heteroatoms. The molecule has 0 aliphatic rings. The molecule has 3 rings (SSSR count). The van der Waals surface area contributed by atoms with Crippen molar-refractivity contribution in [1.82, 2.24) is 5.32 Å². The zero-order chi connectivity index (χ0) is 26.6. The predicted octanol–water partition coefficient (Wildman–Crippen LogP) is 5.01. The Morgan fingerprint density at radius 3 is 2.05 bits per heavy atom. The number of aliphatic hydroxyl groups is 1. The molecule has 0 aliphatic carbocycles. The number of esters is 1. The first-order valence-electron chi connectivity index (χ1n) is 12.5. The van der Waals surface area contributed by atoms with Gasteiger partial charge >= 0.3 is 5.97 Å². The van der Waals surface area contributed by atoms with E-state index in [0.717, 1.165) is 16.8 Å². The Balaban J connectivity index is 1.96. The maximum Gasteiger partial charge on any atom is 0.328 e. The van der Waals surface area contributed by atoms with Crippen LogP contribution >= 0.6 is 0 Å². The zero-order valence-corrected chi connectivity index (χ0v) is 21.7. The number of amides is 1. The van der Waals surface area contributed by atoms with Crippen molar-refractivity contribution >= 4 is 23.6 Å². The van der Waals surface area contributed by atoms with Crippen molar-refractivity contribution in [2.45, 2.75) is 38.5 Å². The van der Waals surface area contributed by atoms with Crippen molar-refractivity contribution in [1.29, 1.82) is 0 Å². The van der Waals surface area contributed by atoms with Crippen LogP contribution in [0.1, 0.15) is 37.4 Å². The minimum absolute atomic E-state index is 0.149. The molecule has 0 aromatic heterocycles. The van der Waals surface area contributed by atoms with Crippen molar-refractivity contribution in [2.24, 2.45) is 5.92 Å². The lowest BCUT2D eigenvalue weighted by Crippen LogP contribution is -2.51. The average molecular weight is 501 g/mol. The number of carbonyl (C=O) groups is 2. The summed E-state index contributed by atoms with van der Waals surface area (Å²) >= 11 is 0. The van der Waals surface area contributed by atoms with Crippen LogP contribution in [0.15, 0.2) is 97.1 Å². The molecule has 0 saturated carbocycles. The number of benzene rings is 3. The van der Waals surface area contributed by atoms with E-state index in [9.17, 15) is 14.7 Å². The lowest BCUT2D eigenvalue weighted by molar-refractivity contribution is -0.147. The first-order chi connectivity index (χ1) is 17.9. The topological polar surface area (TPSA) is 78.9 Å². The van der Waals surface area contributed by atoms with Crippen LogP contribution in [0.25, 0.3) is 6.08 Å². The van der Waals surface area contributed by atoms with E-state index >= 15 is 0 Å². The summed E-state index contributed by atoms with van der Waals surface area (Å²) in [5.41, 5.74) is 2.69. The van der Waals surface area contributed by atoms with E-state index in [1.54, 1.807) is 0 Å². The van der Waals surface area contributed by atoms with E-state index in [2.05, 4.69) is 5.32 Å². The molecule has 0 saturated heterocycles. The molecular formula is C31H36N2O4. The van der Waals surface area contributed by atoms with Gasteiger partial charge in [0.15, 0.2) is 6.10 Å². The quantitative estimate of drug-likeness (QED) is 0.342. The highest BCUT2D eigenvalue weighted by molar-refractivity contribution is 5.87. The maximum absolute atomic E-state index is 13.4. The predicted molar refractivity (Wildman–Crippen MR) is 148 cm³/mol. The smallest absolute Gasteiger partial charge is 0.328 e. The van der Waals surface area contributed by atoms with E-state index in [1.807, 2.05) is 122 Å². The summed E-state index contributed by atoms with van der Waals surface area (Å²) in [5.74, 6) is -1.01. The van der Waals surface area contributed by atoms with Gasteiger partial charge in [-0.3, -0.25) is 4.79 Å². The molecule has 3 atom stereocenters. The molecule has 0 spiro atoms. The molecule has 1 amide bonds. The van der Waals surface area contributed by atoms with Gasteiger partial charge in [0.25, 0.3) is 5.91 Å².